The van der Waals surface area contributed by atoms with Crippen molar-refractivity contribution in [3.05, 3.63) is 0 Å². The van der Waals surface area contributed by atoms with E-state index < -0.39 is 0 Å². The number of ether oxygens (including phenoxy) is 2. The number of hydrogen-bond donors (Lipinski definition) is 2. The van der Waals surface area contributed by atoms with Crippen molar-refractivity contribution in [2.45, 2.75) is 25.9 Å². The molecule has 1 unspecified atom stereocenters. The van der Waals surface area contributed by atoms with Crippen molar-refractivity contribution in [1.82, 2.24) is 10.2 Å². The summed E-state index contributed by atoms with van der Waals surface area (Å²) in [5, 5.41) is 3.31. The lowest BCUT2D eigenvalue weighted by Gasteiger charge is -2.32. The van der Waals surface area contributed by atoms with Crippen molar-refractivity contribution in [3.63, 3.8) is 0 Å². The summed E-state index contributed by atoms with van der Waals surface area (Å²) in [7, 11) is 1.51. The van der Waals surface area contributed by atoms with Gasteiger partial charge in [-0.1, -0.05) is 24.1 Å². The minimum atomic E-state index is 0.301. The molecule has 4 nitrogen and oxygen atoms in total. The predicted molar refractivity (Wildman–Crippen MR) is 81.4 cm³/mol. The van der Waals surface area contributed by atoms with Gasteiger partial charge in [0.1, 0.15) is 0 Å². The van der Waals surface area contributed by atoms with Gasteiger partial charge in [-0.25, -0.2) is 0 Å². The molecule has 1 rings (SSSR count). The molecule has 1 saturated heterocycles. The number of morpholine rings is 1. The summed E-state index contributed by atoms with van der Waals surface area (Å²) in [5.74, 6) is 0.864. The van der Waals surface area contributed by atoms with Crippen LogP contribution in [0.4, 0.5) is 0 Å². The van der Waals surface area contributed by atoms with Gasteiger partial charge >= 0.3 is 0 Å². The zero-order chi connectivity index (χ0) is 13.1. The quantitative estimate of drug-likeness (QED) is 0.277. The molecule has 0 spiro atoms. The van der Waals surface area contributed by atoms with Gasteiger partial charge in [0, 0.05) is 32.8 Å². The van der Waals surface area contributed by atoms with Crippen LogP contribution in [0.2, 0.25) is 0 Å². The van der Waals surface area contributed by atoms with Gasteiger partial charge in [-0.15, -0.1) is 11.7 Å². The average Bonchev–Trinajstić information content (AvgIpc) is 2.39. The van der Waals surface area contributed by atoms with Crippen LogP contribution in [-0.2, 0) is 9.47 Å². The molecule has 0 saturated carbocycles. The Morgan fingerprint density at radius 1 is 1.50 bits per heavy atom. The fraction of sp³-hybridized carbons (Fsp3) is 1.00. The van der Waals surface area contributed by atoms with Crippen molar-refractivity contribution in [1.29, 1.82) is 0 Å². The SMILES string of the molecule is CCCCOCCN1CCOC(CNCSS)C1. The lowest BCUT2D eigenvalue weighted by Crippen LogP contribution is -2.47. The van der Waals surface area contributed by atoms with Crippen molar-refractivity contribution in [3.8, 4) is 0 Å². The summed E-state index contributed by atoms with van der Waals surface area (Å²) in [5.41, 5.74) is 0. The summed E-state index contributed by atoms with van der Waals surface area (Å²) in [6.07, 6.45) is 2.67. The van der Waals surface area contributed by atoms with E-state index in [1.54, 1.807) is 0 Å². The van der Waals surface area contributed by atoms with Gasteiger partial charge < -0.3 is 14.8 Å². The second-order valence-electron chi connectivity index (χ2n) is 4.49. The fourth-order valence-corrected chi connectivity index (χ4v) is 2.40. The number of nitrogens with one attached hydrogen (secondary N) is 1. The molecule has 6 heteroatoms. The Bertz CT molecular complexity index is 199. The highest BCUT2D eigenvalue weighted by Crippen LogP contribution is 2.06. The highest BCUT2D eigenvalue weighted by Gasteiger charge is 2.19. The maximum Gasteiger partial charge on any atom is 0.0827 e. The highest BCUT2D eigenvalue weighted by molar-refractivity contribution is 8.68. The molecule has 1 aliphatic rings. The number of rotatable bonds is 10. The van der Waals surface area contributed by atoms with E-state index in [4.69, 9.17) is 9.47 Å². The molecular weight excluding hydrogens is 268 g/mol. The number of unbranched alkanes of at least 4 members (excludes halogenated alkanes) is 1. The van der Waals surface area contributed by atoms with Crippen LogP contribution in [0, 0.1) is 0 Å². The zero-order valence-electron chi connectivity index (χ0n) is 11.3. The van der Waals surface area contributed by atoms with E-state index in [-0.39, 0.29) is 0 Å². The van der Waals surface area contributed by atoms with E-state index in [0.717, 1.165) is 58.3 Å². The van der Waals surface area contributed by atoms with E-state index in [2.05, 4.69) is 28.8 Å². The van der Waals surface area contributed by atoms with Crippen LogP contribution in [0.15, 0.2) is 0 Å². The third-order valence-electron chi connectivity index (χ3n) is 2.96. The molecule has 1 heterocycles. The van der Waals surface area contributed by atoms with Crippen molar-refractivity contribution in [2.75, 3.05) is 51.9 Å². The number of hydrogen-bond acceptors (Lipinski definition) is 6. The molecule has 0 bridgehead atoms. The van der Waals surface area contributed by atoms with E-state index in [1.807, 2.05) is 0 Å². The van der Waals surface area contributed by atoms with Crippen LogP contribution < -0.4 is 5.32 Å². The molecule has 18 heavy (non-hydrogen) atoms. The first-order chi connectivity index (χ1) is 8.86. The Labute approximate surface area is 120 Å². The van der Waals surface area contributed by atoms with E-state index in [0.29, 0.717) is 6.10 Å². The Morgan fingerprint density at radius 3 is 3.17 bits per heavy atom. The second-order valence-corrected chi connectivity index (χ2v) is 5.81. The molecule has 1 aliphatic heterocycles. The second kappa shape index (κ2) is 11.4. The molecule has 0 radical (unpaired) electrons. The van der Waals surface area contributed by atoms with Crippen molar-refractivity contribution in [2.24, 2.45) is 0 Å². The lowest BCUT2D eigenvalue weighted by molar-refractivity contribution is -0.0343. The average molecular weight is 294 g/mol. The normalized spacial score (nSPS) is 21.3. The predicted octanol–water partition coefficient (Wildman–Crippen LogP) is 1.63. The molecular formula is C12H26N2O2S2. The van der Waals surface area contributed by atoms with Crippen LogP contribution in [0.3, 0.4) is 0 Å². The zero-order valence-corrected chi connectivity index (χ0v) is 13.0. The van der Waals surface area contributed by atoms with Crippen LogP contribution >= 0.6 is 22.5 Å². The first-order valence-electron chi connectivity index (χ1n) is 6.75. The van der Waals surface area contributed by atoms with Crippen LogP contribution in [0.1, 0.15) is 19.8 Å². The van der Waals surface area contributed by atoms with Crippen LogP contribution in [0.25, 0.3) is 0 Å². The Balaban J connectivity index is 2.03. The summed E-state index contributed by atoms with van der Waals surface area (Å²) < 4.78 is 11.3. The third kappa shape index (κ3) is 7.86. The van der Waals surface area contributed by atoms with Gasteiger partial charge in [0.15, 0.2) is 0 Å². The number of thiol groups is 1. The molecule has 0 aromatic heterocycles. The minimum Gasteiger partial charge on any atom is -0.380 e. The fourth-order valence-electron chi connectivity index (χ4n) is 1.91. The maximum atomic E-state index is 5.72. The molecule has 0 aliphatic carbocycles. The molecule has 0 amide bonds. The monoisotopic (exact) mass is 294 g/mol. The molecule has 1 atom stereocenters. The smallest absolute Gasteiger partial charge is 0.0827 e. The first-order valence-corrected chi connectivity index (χ1v) is 8.79. The van der Waals surface area contributed by atoms with E-state index in [1.165, 1.54) is 17.2 Å². The third-order valence-corrected chi connectivity index (χ3v) is 3.68. The highest BCUT2D eigenvalue weighted by atomic mass is 33.1. The molecule has 1 fully saturated rings. The van der Waals surface area contributed by atoms with E-state index in [9.17, 15) is 0 Å². The molecule has 1 N–H and O–H groups in total. The van der Waals surface area contributed by atoms with E-state index >= 15 is 0 Å². The summed E-state index contributed by atoms with van der Waals surface area (Å²) in [4.78, 5) is 2.43. The summed E-state index contributed by atoms with van der Waals surface area (Å²) in [6, 6.07) is 0. The van der Waals surface area contributed by atoms with Gasteiger partial charge in [-0.05, 0) is 6.42 Å². The Morgan fingerprint density at radius 2 is 2.39 bits per heavy atom. The molecule has 108 valence electrons. The first kappa shape index (κ1) is 16.6. The summed E-state index contributed by atoms with van der Waals surface area (Å²) >= 11 is 4.10. The van der Waals surface area contributed by atoms with Gasteiger partial charge in [0.2, 0.25) is 0 Å². The van der Waals surface area contributed by atoms with Crippen molar-refractivity contribution >= 4 is 22.5 Å². The van der Waals surface area contributed by atoms with Gasteiger partial charge in [0.05, 0.1) is 25.2 Å². The minimum absolute atomic E-state index is 0.301. The molecule has 0 aromatic carbocycles. The van der Waals surface area contributed by atoms with Gasteiger partial charge in [0.25, 0.3) is 0 Å². The largest absolute Gasteiger partial charge is 0.380 e. The standard InChI is InChI=1S/C12H26N2O2S2/c1-2-3-6-15-7-4-14-5-8-16-12(10-14)9-13-11-18-17/h12-13,17H,2-11H2,1H3. The van der Waals surface area contributed by atoms with Crippen LogP contribution in [0.5, 0.6) is 0 Å². The Hall–Kier alpha value is 0.540. The number of nitrogens with zero attached hydrogens (tertiary/aromatic N) is 1. The topological polar surface area (TPSA) is 33.7 Å². The van der Waals surface area contributed by atoms with Crippen LogP contribution in [-0.4, -0.2) is 62.9 Å². The van der Waals surface area contributed by atoms with Gasteiger partial charge in [-0.3, -0.25) is 4.90 Å². The van der Waals surface area contributed by atoms with Crippen molar-refractivity contribution < 1.29 is 9.47 Å². The molecule has 0 aromatic rings. The summed E-state index contributed by atoms with van der Waals surface area (Å²) in [6.45, 7) is 8.70. The Kier molecular flexibility index (Phi) is 10.5. The lowest BCUT2D eigenvalue weighted by atomic mass is 10.2. The van der Waals surface area contributed by atoms with Gasteiger partial charge in [-0.2, -0.15) is 0 Å². The maximum absolute atomic E-state index is 5.72.